The third-order valence-corrected chi connectivity index (χ3v) is 2.37. The highest BCUT2D eigenvalue weighted by Crippen LogP contribution is 2.20. The van der Waals surface area contributed by atoms with Gasteiger partial charge in [-0.05, 0) is 31.0 Å². The molecule has 0 unspecified atom stereocenters. The maximum absolute atomic E-state index is 13.0. The van der Waals surface area contributed by atoms with E-state index in [1.165, 1.54) is 0 Å². The van der Waals surface area contributed by atoms with Gasteiger partial charge in [0, 0.05) is 6.04 Å². The second-order valence-electron chi connectivity index (χ2n) is 3.87. The quantitative estimate of drug-likeness (QED) is 0.751. The predicted octanol–water partition coefficient (Wildman–Crippen LogP) is 1.81. The standard InChI is InChI=1S/C11H11FN2O3/c12-6-1-4-8(10(15)16)9(5-6)14-11(17)13-7-2-3-7/h1,4-5,7H,2-3H2,(H,15,16)(H2,13,14,17). The Hall–Kier alpha value is -2.11. The monoisotopic (exact) mass is 238 g/mol. The molecule has 0 spiro atoms. The highest BCUT2D eigenvalue weighted by atomic mass is 19.1. The van der Waals surface area contributed by atoms with E-state index >= 15 is 0 Å². The van der Waals surface area contributed by atoms with E-state index in [1.54, 1.807) is 0 Å². The van der Waals surface area contributed by atoms with Gasteiger partial charge in [-0.2, -0.15) is 0 Å². The van der Waals surface area contributed by atoms with Gasteiger partial charge in [-0.1, -0.05) is 0 Å². The molecule has 1 aromatic carbocycles. The lowest BCUT2D eigenvalue weighted by Gasteiger charge is -2.09. The number of urea groups is 1. The van der Waals surface area contributed by atoms with Crippen molar-refractivity contribution in [2.45, 2.75) is 18.9 Å². The Bertz CT molecular complexity index is 472. The number of halogens is 1. The van der Waals surface area contributed by atoms with Crippen LogP contribution in [0.15, 0.2) is 18.2 Å². The lowest BCUT2D eigenvalue weighted by molar-refractivity contribution is 0.0698. The first-order valence-electron chi connectivity index (χ1n) is 5.16. The van der Waals surface area contributed by atoms with Crippen LogP contribution in [0.25, 0.3) is 0 Å². The van der Waals surface area contributed by atoms with E-state index in [9.17, 15) is 14.0 Å². The van der Waals surface area contributed by atoms with Crippen LogP contribution in [0.1, 0.15) is 23.2 Å². The molecule has 0 atom stereocenters. The van der Waals surface area contributed by atoms with Crippen LogP contribution < -0.4 is 10.6 Å². The summed E-state index contributed by atoms with van der Waals surface area (Å²) < 4.78 is 13.0. The topological polar surface area (TPSA) is 78.4 Å². The summed E-state index contributed by atoms with van der Waals surface area (Å²) in [6.45, 7) is 0. The summed E-state index contributed by atoms with van der Waals surface area (Å²) in [5.41, 5.74) is -0.187. The van der Waals surface area contributed by atoms with Crippen LogP contribution in [0.2, 0.25) is 0 Å². The fraction of sp³-hybridized carbons (Fsp3) is 0.273. The molecule has 0 bridgehead atoms. The molecule has 0 aromatic heterocycles. The van der Waals surface area contributed by atoms with Gasteiger partial charge in [0.25, 0.3) is 0 Å². The smallest absolute Gasteiger partial charge is 0.337 e. The van der Waals surface area contributed by atoms with Crippen LogP contribution >= 0.6 is 0 Å². The third-order valence-electron chi connectivity index (χ3n) is 2.37. The van der Waals surface area contributed by atoms with E-state index in [1.807, 2.05) is 0 Å². The first-order chi connectivity index (χ1) is 8.06. The fourth-order valence-corrected chi connectivity index (χ4v) is 1.38. The van der Waals surface area contributed by atoms with Gasteiger partial charge in [0.1, 0.15) is 5.82 Å². The lowest BCUT2D eigenvalue weighted by atomic mass is 10.2. The molecule has 3 N–H and O–H groups in total. The van der Waals surface area contributed by atoms with Gasteiger partial charge in [0.05, 0.1) is 11.3 Å². The van der Waals surface area contributed by atoms with E-state index in [-0.39, 0.29) is 17.3 Å². The third kappa shape index (κ3) is 2.93. The average molecular weight is 238 g/mol. The lowest BCUT2D eigenvalue weighted by Crippen LogP contribution is -2.31. The van der Waals surface area contributed by atoms with Gasteiger partial charge in [-0.25, -0.2) is 14.0 Å². The molecule has 0 saturated heterocycles. The summed E-state index contributed by atoms with van der Waals surface area (Å²) in [7, 11) is 0. The van der Waals surface area contributed by atoms with E-state index in [2.05, 4.69) is 10.6 Å². The van der Waals surface area contributed by atoms with Crippen molar-refractivity contribution in [2.75, 3.05) is 5.32 Å². The molecule has 1 saturated carbocycles. The van der Waals surface area contributed by atoms with Crippen molar-refractivity contribution >= 4 is 17.7 Å². The van der Waals surface area contributed by atoms with Crippen molar-refractivity contribution in [1.82, 2.24) is 5.32 Å². The minimum absolute atomic E-state index is 0.0457. The SMILES string of the molecule is O=C(Nc1cc(F)ccc1C(=O)O)NC1CC1. The number of nitrogens with one attached hydrogen (secondary N) is 2. The molecule has 6 heteroatoms. The van der Waals surface area contributed by atoms with Gasteiger partial charge in [-0.15, -0.1) is 0 Å². The van der Waals surface area contributed by atoms with Gasteiger partial charge in [0.2, 0.25) is 0 Å². The molecular formula is C11H11FN2O3. The number of hydrogen-bond donors (Lipinski definition) is 3. The van der Waals surface area contributed by atoms with Crippen LogP contribution in [0.5, 0.6) is 0 Å². The molecule has 90 valence electrons. The first-order valence-corrected chi connectivity index (χ1v) is 5.16. The zero-order chi connectivity index (χ0) is 12.4. The molecule has 1 aliphatic rings. The second kappa shape index (κ2) is 4.40. The van der Waals surface area contributed by atoms with E-state index in [0.717, 1.165) is 31.0 Å². The number of carbonyl (C=O) groups excluding carboxylic acids is 1. The summed E-state index contributed by atoms with van der Waals surface area (Å²) in [5.74, 6) is -1.82. The van der Waals surface area contributed by atoms with Gasteiger partial charge in [-0.3, -0.25) is 0 Å². The number of anilines is 1. The molecule has 0 aliphatic heterocycles. The van der Waals surface area contributed by atoms with Crippen LogP contribution in [0, 0.1) is 5.82 Å². The summed E-state index contributed by atoms with van der Waals surface area (Å²) >= 11 is 0. The zero-order valence-electron chi connectivity index (χ0n) is 8.87. The average Bonchev–Trinajstić information content (AvgIpc) is 3.00. The Kier molecular flexibility index (Phi) is 2.95. The maximum Gasteiger partial charge on any atom is 0.337 e. The van der Waals surface area contributed by atoms with E-state index < -0.39 is 17.8 Å². The van der Waals surface area contributed by atoms with Crippen molar-refractivity contribution in [3.63, 3.8) is 0 Å². The molecule has 17 heavy (non-hydrogen) atoms. The molecule has 5 nitrogen and oxygen atoms in total. The number of benzene rings is 1. The number of rotatable bonds is 3. The summed E-state index contributed by atoms with van der Waals surface area (Å²) in [4.78, 5) is 22.3. The minimum atomic E-state index is -1.22. The van der Waals surface area contributed by atoms with Crippen molar-refractivity contribution in [3.05, 3.63) is 29.6 Å². The normalized spacial score (nSPS) is 14.2. The minimum Gasteiger partial charge on any atom is -0.478 e. The highest BCUT2D eigenvalue weighted by molar-refractivity contribution is 6.00. The van der Waals surface area contributed by atoms with Crippen molar-refractivity contribution in [2.24, 2.45) is 0 Å². The Morgan fingerprint density at radius 2 is 2.06 bits per heavy atom. The van der Waals surface area contributed by atoms with Gasteiger partial charge >= 0.3 is 12.0 Å². The molecule has 2 amide bonds. The molecule has 1 fully saturated rings. The zero-order valence-corrected chi connectivity index (χ0v) is 8.87. The van der Waals surface area contributed by atoms with E-state index in [0.29, 0.717) is 0 Å². The molecule has 1 aromatic rings. The maximum atomic E-state index is 13.0. The van der Waals surface area contributed by atoms with Crippen molar-refractivity contribution < 1.29 is 19.1 Å². The number of aromatic carboxylic acids is 1. The summed E-state index contributed by atoms with van der Waals surface area (Å²) in [6.07, 6.45) is 1.84. The second-order valence-corrected chi connectivity index (χ2v) is 3.87. The molecule has 0 radical (unpaired) electrons. The van der Waals surface area contributed by atoms with Crippen LogP contribution in [-0.2, 0) is 0 Å². The highest BCUT2D eigenvalue weighted by Gasteiger charge is 2.23. The Morgan fingerprint density at radius 1 is 1.35 bits per heavy atom. The van der Waals surface area contributed by atoms with Crippen molar-refractivity contribution in [3.8, 4) is 0 Å². The number of carboxylic acids is 1. The van der Waals surface area contributed by atoms with Gasteiger partial charge in [0.15, 0.2) is 0 Å². The summed E-state index contributed by atoms with van der Waals surface area (Å²) in [6, 6.07) is 2.77. The predicted molar refractivity (Wildman–Crippen MR) is 58.5 cm³/mol. The summed E-state index contributed by atoms with van der Waals surface area (Å²) in [5, 5.41) is 13.8. The largest absolute Gasteiger partial charge is 0.478 e. The van der Waals surface area contributed by atoms with Gasteiger partial charge < -0.3 is 15.7 Å². The van der Waals surface area contributed by atoms with Crippen LogP contribution in [-0.4, -0.2) is 23.1 Å². The fourth-order valence-electron chi connectivity index (χ4n) is 1.38. The Balaban J connectivity index is 2.14. The first kappa shape index (κ1) is 11.4. The molecule has 1 aliphatic carbocycles. The van der Waals surface area contributed by atoms with Crippen molar-refractivity contribution in [1.29, 1.82) is 0 Å². The Labute approximate surface area is 96.6 Å². The number of hydrogen-bond acceptors (Lipinski definition) is 2. The Morgan fingerprint density at radius 3 is 2.65 bits per heavy atom. The molecule has 2 rings (SSSR count). The molecular weight excluding hydrogens is 227 g/mol. The number of carbonyl (C=O) groups is 2. The number of amides is 2. The van der Waals surface area contributed by atoms with Crippen LogP contribution in [0.4, 0.5) is 14.9 Å². The molecule has 0 heterocycles. The van der Waals surface area contributed by atoms with E-state index in [4.69, 9.17) is 5.11 Å². The number of carboxylic acid groups (broad SMARTS) is 1. The van der Waals surface area contributed by atoms with Crippen LogP contribution in [0.3, 0.4) is 0 Å².